The molecule has 114 valence electrons. The summed E-state index contributed by atoms with van der Waals surface area (Å²) in [5.41, 5.74) is 0.998. The fraction of sp³-hybridized carbons (Fsp3) is 0.357. The summed E-state index contributed by atoms with van der Waals surface area (Å²) in [6.07, 6.45) is 1.91. The molecule has 0 unspecified atom stereocenters. The van der Waals surface area contributed by atoms with Gasteiger partial charge in [0.1, 0.15) is 5.82 Å². The van der Waals surface area contributed by atoms with Crippen LogP contribution in [0.4, 0.5) is 4.39 Å². The minimum atomic E-state index is -3.45. The van der Waals surface area contributed by atoms with Crippen LogP contribution in [-0.4, -0.2) is 26.3 Å². The zero-order valence-electron chi connectivity index (χ0n) is 11.8. The molecule has 0 aliphatic rings. The Bertz CT molecular complexity index is 827. The van der Waals surface area contributed by atoms with Crippen LogP contribution < -0.4 is 5.56 Å². The third-order valence-corrected chi connectivity index (χ3v) is 3.67. The molecule has 1 N–H and O–H groups in total. The lowest BCUT2D eigenvalue weighted by molar-refractivity contribution is 0.315. The molecule has 0 aliphatic carbocycles. The van der Waals surface area contributed by atoms with E-state index in [2.05, 4.69) is 9.17 Å². The highest BCUT2D eigenvalue weighted by Crippen LogP contribution is 2.18. The SMILES string of the molecule is Cc1cc(F)cc2c(=O)[nH]c(CCCOS(C)(=O)=O)cc12. The van der Waals surface area contributed by atoms with Gasteiger partial charge in [0.25, 0.3) is 15.7 Å². The molecule has 0 bridgehead atoms. The average Bonchev–Trinajstić information content (AvgIpc) is 2.35. The molecular formula is C14H16FNO4S. The minimum Gasteiger partial charge on any atom is -0.326 e. The average molecular weight is 313 g/mol. The van der Waals surface area contributed by atoms with Crippen LogP contribution in [0.5, 0.6) is 0 Å². The van der Waals surface area contributed by atoms with Crippen LogP contribution in [0.1, 0.15) is 17.7 Å². The third kappa shape index (κ3) is 4.12. The first-order valence-electron chi connectivity index (χ1n) is 6.43. The van der Waals surface area contributed by atoms with Gasteiger partial charge in [-0.1, -0.05) is 0 Å². The molecule has 2 rings (SSSR count). The molecule has 0 saturated carbocycles. The van der Waals surface area contributed by atoms with Crippen molar-refractivity contribution in [2.75, 3.05) is 12.9 Å². The van der Waals surface area contributed by atoms with Gasteiger partial charge in [0, 0.05) is 5.69 Å². The van der Waals surface area contributed by atoms with E-state index in [1.807, 2.05) is 0 Å². The maximum absolute atomic E-state index is 13.3. The van der Waals surface area contributed by atoms with Gasteiger partial charge in [-0.05, 0) is 48.9 Å². The van der Waals surface area contributed by atoms with Crippen LogP contribution in [0.25, 0.3) is 10.8 Å². The number of hydrogen-bond donors (Lipinski definition) is 1. The molecule has 2 aromatic rings. The lowest BCUT2D eigenvalue weighted by Crippen LogP contribution is -2.11. The van der Waals surface area contributed by atoms with Crippen molar-refractivity contribution in [3.63, 3.8) is 0 Å². The number of hydrogen-bond acceptors (Lipinski definition) is 4. The van der Waals surface area contributed by atoms with Crippen LogP contribution in [0, 0.1) is 12.7 Å². The smallest absolute Gasteiger partial charge is 0.264 e. The van der Waals surface area contributed by atoms with Gasteiger partial charge in [0.05, 0.1) is 18.2 Å². The topological polar surface area (TPSA) is 76.2 Å². The van der Waals surface area contributed by atoms with E-state index in [4.69, 9.17) is 0 Å². The van der Waals surface area contributed by atoms with Gasteiger partial charge in [-0.2, -0.15) is 8.42 Å². The van der Waals surface area contributed by atoms with Crippen LogP contribution in [0.15, 0.2) is 23.0 Å². The highest BCUT2D eigenvalue weighted by molar-refractivity contribution is 7.85. The second-order valence-corrected chi connectivity index (χ2v) is 6.58. The minimum absolute atomic E-state index is 0.0568. The highest BCUT2D eigenvalue weighted by atomic mass is 32.2. The van der Waals surface area contributed by atoms with Crippen LogP contribution >= 0.6 is 0 Å². The lowest BCUT2D eigenvalue weighted by Gasteiger charge is -2.06. The maximum Gasteiger partial charge on any atom is 0.264 e. The van der Waals surface area contributed by atoms with Gasteiger partial charge >= 0.3 is 0 Å². The summed E-state index contributed by atoms with van der Waals surface area (Å²) in [6, 6.07) is 4.36. The number of halogens is 1. The van der Waals surface area contributed by atoms with Gasteiger partial charge in [-0.25, -0.2) is 4.39 Å². The normalized spacial score (nSPS) is 12.0. The predicted octanol–water partition coefficient (Wildman–Crippen LogP) is 1.88. The largest absolute Gasteiger partial charge is 0.326 e. The number of aromatic nitrogens is 1. The summed E-state index contributed by atoms with van der Waals surface area (Å²) >= 11 is 0. The molecule has 7 heteroatoms. The second-order valence-electron chi connectivity index (χ2n) is 4.94. The van der Waals surface area contributed by atoms with Gasteiger partial charge < -0.3 is 4.98 Å². The van der Waals surface area contributed by atoms with E-state index in [1.165, 1.54) is 12.1 Å². The van der Waals surface area contributed by atoms with Crippen molar-refractivity contribution in [2.24, 2.45) is 0 Å². The first-order valence-corrected chi connectivity index (χ1v) is 8.24. The summed E-state index contributed by atoms with van der Waals surface area (Å²) in [5, 5.41) is 1.00. The van der Waals surface area contributed by atoms with Crippen molar-refractivity contribution in [2.45, 2.75) is 19.8 Å². The first-order chi connectivity index (χ1) is 9.76. The Morgan fingerprint density at radius 1 is 1.24 bits per heavy atom. The van der Waals surface area contributed by atoms with Crippen molar-refractivity contribution in [3.05, 3.63) is 45.6 Å². The number of benzene rings is 1. The Morgan fingerprint density at radius 3 is 2.62 bits per heavy atom. The Morgan fingerprint density at radius 2 is 1.95 bits per heavy atom. The van der Waals surface area contributed by atoms with Crippen molar-refractivity contribution in [1.82, 2.24) is 4.98 Å². The summed E-state index contributed by atoms with van der Waals surface area (Å²) in [6.45, 7) is 1.79. The fourth-order valence-corrected chi connectivity index (χ4v) is 2.59. The van der Waals surface area contributed by atoms with E-state index in [0.717, 1.165) is 6.26 Å². The predicted molar refractivity (Wildman–Crippen MR) is 78.4 cm³/mol. The highest BCUT2D eigenvalue weighted by Gasteiger charge is 2.07. The molecule has 0 fully saturated rings. The standard InChI is InChI=1S/C14H16FNO4S/c1-9-6-10(15)7-13-12(9)8-11(16-14(13)17)4-3-5-20-21(2,18)19/h6-8H,3-5H2,1-2H3,(H,16,17). The Kier molecular flexibility index (Phi) is 4.43. The number of fused-ring (bicyclic) bond motifs is 1. The zero-order valence-corrected chi connectivity index (χ0v) is 12.6. The van der Waals surface area contributed by atoms with E-state index in [0.29, 0.717) is 34.9 Å². The van der Waals surface area contributed by atoms with Gasteiger partial charge in [-0.3, -0.25) is 8.98 Å². The van der Waals surface area contributed by atoms with Gasteiger partial charge in [-0.15, -0.1) is 0 Å². The first kappa shape index (κ1) is 15.7. The van der Waals surface area contributed by atoms with Crippen molar-refractivity contribution >= 4 is 20.9 Å². The number of pyridine rings is 1. The molecule has 0 atom stereocenters. The van der Waals surface area contributed by atoms with E-state index < -0.39 is 15.9 Å². The Balaban J connectivity index is 2.21. The third-order valence-electron chi connectivity index (χ3n) is 3.08. The summed E-state index contributed by atoms with van der Waals surface area (Å²) < 4.78 is 39.6. The zero-order chi connectivity index (χ0) is 15.6. The van der Waals surface area contributed by atoms with E-state index >= 15 is 0 Å². The van der Waals surface area contributed by atoms with E-state index in [-0.39, 0.29) is 12.2 Å². The summed E-state index contributed by atoms with van der Waals surface area (Å²) in [7, 11) is -3.45. The summed E-state index contributed by atoms with van der Waals surface area (Å²) in [5.74, 6) is -0.445. The molecule has 1 heterocycles. The number of nitrogens with one attached hydrogen (secondary N) is 1. The molecule has 1 aromatic heterocycles. The van der Waals surface area contributed by atoms with Crippen molar-refractivity contribution in [3.8, 4) is 0 Å². The van der Waals surface area contributed by atoms with Crippen LogP contribution in [0.2, 0.25) is 0 Å². The molecule has 21 heavy (non-hydrogen) atoms. The lowest BCUT2D eigenvalue weighted by atomic mass is 10.0. The number of H-pyrrole nitrogens is 1. The Labute approximate surface area is 121 Å². The van der Waals surface area contributed by atoms with Crippen LogP contribution in [0.3, 0.4) is 0 Å². The molecule has 0 radical (unpaired) electrons. The molecule has 0 saturated heterocycles. The molecule has 0 amide bonds. The second kappa shape index (κ2) is 5.95. The maximum atomic E-state index is 13.3. The van der Waals surface area contributed by atoms with Crippen molar-refractivity contribution in [1.29, 1.82) is 0 Å². The van der Waals surface area contributed by atoms with Crippen molar-refractivity contribution < 1.29 is 17.0 Å². The monoisotopic (exact) mass is 313 g/mol. The number of aromatic amines is 1. The van der Waals surface area contributed by atoms with E-state index in [1.54, 1.807) is 13.0 Å². The molecule has 0 aliphatic heterocycles. The van der Waals surface area contributed by atoms with Crippen LogP contribution in [-0.2, 0) is 20.7 Å². The number of rotatable bonds is 5. The molecular weight excluding hydrogens is 297 g/mol. The molecule has 0 spiro atoms. The van der Waals surface area contributed by atoms with E-state index in [9.17, 15) is 17.6 Å². The van der Waals surface area contributed by atoms with Gasteiger partial charge in [0.2, 0.25) is 0 Å². The Hall–Kier alpha value is -1.73. The van der Waals surface area contributed by atoms with Gasteiger partial charge in [0.15, 0.2) is 0 Å². The fourth-order valence-electron chi connectivity index (χ4n) is 2.16. The molecule has 5 nitrogen and oxygen atoms in total. The number of aryl methyl sites for hydroxylation is 2. The molecule has 1 aromatic carbocycles. The summed E-state index contributed by atoms with van der Waals surface area (Å²) in [4.78, 5) is 14.6. The quantitative estimate of drug-likeness (QED) is 0.675.